The number of pyridine rings is 1. The van der Waals surface area contributed by atoms with Gasteiger partial charge in [-0.2, -0.15) is 0 Å². The summed E-state index contributed by atoms with van der Waals surface area (Å²) < 4.78 is 5.28. The van der Waals surface area contributed by atoms with E-state index in [1.807, 2.05) is 38.1 Å². The molecule has 0 atom stereocenters. The van der Waals surface area contributed by atoms with E-state index >= 15 is 0 Å². The lowest BCUT2D eigenvalue weighted by Gasteiger charge is -2.12. The lowest BCUT2D eigenvalue weighted by atomic mass is 10.00. The van der Waals surface area contributed by atoms with Crippen LogP contribution in [0.2, 0.25) is 0 Å². The largest absolute Gasteiger partial charge is 0.496 e. The first-order valence-electron chi connectivity index (χ1n) is 6.90. The van der Waals surface area contributed by atoms with Crippen molar-refractivity contribution >= 4 is 5.91 Å². The van der Waals surface area contributed by atoms with Crippen molar-refractivity contribution in [2.45, 2.75) is 26.8 Å². The van der Waals surface area contributed by atoms with Crippen LogP contribution in [0.5, 0.6) is 5.75 Å². The number of nitrogens with zero attached hydrogens (tertiary/aromatic N) is 1. The van der Waals surface area contributed by atoms with Gasteiger partial charge in [0.25, 0.3) is 0 Å². The van der Waals surface area contributed by atoms with Crippen LogP contribution in [0.3, 0.4) is 0 Å². The molecule has 1 aromatic heterocycles. The molecule has 1 amide bonds. The Hall–Kier alpha value is -2.36. The van der Waals surface area contributed by atoms with Crippen molar-refractivity contribution in [3.63, 3.8) is 0 Å². The zero-order chi connectivity index (χ0) is 15.2. The van der Waals surface area contributed by atoms with Crippen LogP contribution in [0, 0.1) is 13.8 Å². The highest BCUT2D eigenvalue weighted by molar-refractivity contribution is 5.79. The molecular formula is C17H20N2O2. The molecule has 0 bridgehead atoms. The number of rotatable bonds is 5. The van der Waals surface area contributed by atoms with Gasteiger partial charge in [-0.3, -0.25) is 9.78 Å². The zero-order valence-corrected chi connectivity index (χ0v) is 12.6. The van der Waals surface area contributed by atoms with Crippen molar-refractivity contribution in [1.82, 2.24) is 10.3 Å². The van der Waals surface area contributed by atoms with E-state index in [4.69, 9.17) is 4.74 Å². The number of aromatic nitrogens is 1. The van der Waals surface area contributed by atoms with Crippen molar-refractivity contribution in [1.29, 1.82) is 0 Å². The highest BCUT2D eigenvalue weighted by Gasteiger charge is 2.10. The quantitative estimate of drug-likeness (QED) is 0.918. The van der Waals surface area contributed by atoms with E-state index < -0.39 is 0 Å². The SMILES string of the molecule is COc1ccc(CC(=O)NCc2ccncc2)c(C)c1C. The van der Waals surface area contributed by atoms with E-state index in [0.29, 0.717) is 13.0 Å². The number of ether oxygens (including phenoxy) is 1. The van der Waals surface area contributed by atoms with E-state index in [1.54, 1.807) is 19.5 Å². The smallest absolute Gasteiger partial charge is 0.224 e. The highest BCUT2D eigenvalue weighted by Crippen LogP contribution is 2.24. The minimum atomic E-state index is 0.0134. The molecule has 110 valence electrons. The Morgan fingerprint density at radius 1 is 1.14 bits per heavy atom. The maximum Gasteiger partial charge on any atom is 0.224 e. The van der Waals surface area contributed by atoms with Crippen molar-refractivity contribution < 1.29 is 9.53 Å². The molecule has 0 aliphatic heterocycles. The molecule has 1 aromatic carbocycles. The lowest BCUT2D eigenvalue weighted by molar-refractivity contribution is -0.120. The average molecular weight is 284 g/mol. The summed E-state index contributed by atoms with van der Waals surface area (Å²) in [6.07, 6.45) is 3.82. The van der Waals surface area contributed by atoms with E-state index in [2.05, 4.69) is 10.3 Å². The van der Waals surface area contributed by atoms with Crippen LogP contribution >= 0.6 is 0 Å². The molecule has 21 heavy (non-hydrogen) atoms. The van der Waals surface area contributed by atoms with Crippen LogP contribution in [0.1, 0.15) is 22.3 Å². The average Bonchev–Trinajstić information content (AvgIpc) is 2.51. The van der Waals surface area contributed by atoms with Gasteiger partial charge in [0.2, 0.25) is 5.91 Å². The van der Waals surface area contributed by atoms with E-state index in [9.17, 15) is 4.79 Å². The van der Waals surface area contributed by atoms with E-state index in [1.165, 1.54) is 0 Å². The van der Waals surface area contributed by atoms with Crippen LogP contribution in [0.25, 0.3) is 0 Å². The molecule has 0 spiro atoms. The standard InChI is InChI=1S/C17H20N2O2/c1-12-13(2)16(21-3)5-4-15(12)10-17(20)19-11-14-6-8-18-9-7-14/h4-9H,10-11H2,1-3H3,(H,19,20). The summed E-state index contributed by atoms with van der Waals surface area (Å²) in [4.78, 5) is 16.0. The molecular weight excluding hydrogens is 264 g/mol. The summed E-state index contributed by atoms with van der Waals surface area (Å²) in [5.41, 5.74) is 4.26. The van der Waals surface area contributed by atoms with Gasteiger partial charge >= 0.3 is 0 Å². The van der Waals surface area contributed by atoms with Crippen molar-refractivity contribution in [2.24, 2.45) is 0 Å². The Morgan fingerprint density at radius 3 is 2.52 bits per heavy atom. The van der Waals surface area contributed by atoms with Crippen molar-refractivity contribution in [3.05, 3.63) is 58.9 Å². The first kappa shape index (κ1) is 15.0. The topological polar surface area (TPSA) is 51.2 Å². The van der Waals surface area contributed by atoms with Crippen LogP contribution in [-0.2, 0) is 17.8 Å². The predicted octanol–water partition coefficient (Wildman–Crippen LogP) is 2.57. The van der Waals surface area contributed by atoms with Crippen molar-refractivity contribution in [3.8, 4) is 5.75 Å². The van der Waals surface area contributed by atoms with Gasteiger partial charge < -0.3 is 10.1 Å². The number of hydrogen-bond acceptors (Lipinski definition) is 3. The van der Waals surface area contributed by atoms with Crippen LogP contribution < -0.4 is 10.1 Å². The molecule has 0 aliphatic rings. The minimum Gasteiger partial charge on any atom is -0.496 e. The molecule has 1 heterocycles. The molecule has 4 nitrogen and oxygen atoms in total. The second-order valence-electron chi connectivity index (χ2n) is 4.99. The fraction of sp³-hybridized carbons (Fsp3) is 0.294. The summed E-state index contributed by atoms with van der Waals surface area (Å²) in [6.45, 7) is 4.55. The number of carbonyl (C=O) groups excluding carboxylic acids is 1. The first-order valence-corrected chi connectivity index (χ1v) is 6.90. The zero-order valence-electron chi connectivity index (χ0n) is 12.6. The predicted molar refractivity (Wildman–Crippen MR) is 82.3 cm³/mol. The molecule has 0 saturated carbocycles. The normalized spacial score (nSPS) is 10.2. The third kappa shape index (κ3) is 3.81. The Labute approximate surface area is 125 Å². The summed E-state index contributed by atoms with van der Waals surface area (Å²) in [5.74, 6) is 0.868. The Morgan fingerprint density at radius 2 is 1.86 bits per heavy atom. The highest BCUT2D eigenvalue weighted by atomic mass is 16.5. The maximum absolute atomic E-state index is 12.0. The van der Waals surface area contributed by atoms with Gasteiger partial charge in [-0.15, -0.1) is 0 Å². The van der Waals surface area contributed by atoms with Gasteiger partial charge in [-0.05, 0) is 54.3 Å². The molecule has 0 radical (unpaired) electrons. The number of carbonyl (C=O) groups is 1. The van der Waals surface area contributed by atoms with Gasteiger partial charge in [-0.25, -0.2) is 0 Å². The number of nitrogens with one attached hydrogen (secondary N) is 1. The summed E-state index contributed by atoms with van der Waals surface area (Å²) >= 11 is 0. The van der Waals surface area contributed by atoms with E-state index in [-0.39, 0.29) is 5.91 Å². The molecule has 1 N–H and O–H groups in total. The fourth-order valence-corrected chi connectivity index (χ4v) is 2.20. The number of methoxy groups -OCH3 is 1. The molecule has 0 saturated heterocycles. The van der Waals surface area contributed by atoms with Crippen molar-refractivity contribution in [2.75, 3.05) is 7.11 Å². The third-order valence-electron chi connectivity index (χ3n) is 3.66. The Balaban J connectivity index is 1.98. The van der Waals surface area contributed by atoms with Gasteiger partial charge in [0, 0.05) is 18.9 Å². The second kappa shape index (κ2) is 6.88. The molecule has 0 unspecified atom stereocenters. The second-order valence-corrected chi connectivity index (χ2v) is 4.99. The molecule has 2 aromatic rings. The lowest BCUT2D eigenvalue weighted by Crippen LogP contribution is -2.24. The third-order valence-corrected chi connectivity index (χ3v) is 3.66. The Bertz CT molecular complexity index is 624. The van der Waals surface area contributed by atoms with Gasteiger partial charge in [0.1, 0.15) is 5.75 Å². The molecule has 0 aliphatic carbocycles. The fourth-order valence-electron chi connectivity index (χ4n) is 2.20. The first-order chi connectivity index (χ1) is 10.1. The van der Waals surface area contributed by atoms with Crippen LogP contribution in [0.4, 0.5) is 0 Å². The molecule has 0 fully saturated rings. The summed E-state index contributed by atoms with van der Waals surface area (Å²) in [5, 5.41) is 2.92. The Kier molecular flexibility index (Phi) is 4.93. The van der Waals surface area contributed by atoms with Crippen LogP contribution in [0.15, 0.2) is 36.7 Å². The van der Waals surface area contributed by atoms with Gasteiger partial charge in [0.05, 0.1) is 13.5 Å². The monoisotopic (exact) mass is 284 g/mol. The van der Waals surface area contributed by atoms with Gasteiger partial charge in [-0.1, -0.05) is 6.07 Å². The van der Waals surface area contributed by atoms with Gasteiger partial charge in [0.15, 0.2) is 0 Å². The molecule has 2 rings (SSSR count). The maximum atomic E-state index is 12.0. The summed E-state index contributed by atoms with van der Waals surface area (Å²) in [7, 11) is 1.66. The molecule has 4 heteroatoms. The van der Waals surface area contributed by atoms with Crippen LogP contribution in [-0.4, -0.2) is 18.0 Å². The summed E-state index contributed by atoms with van der Waals surface area (Å²) in [6, 6.07) is 7.65. The minimum absolute atomic E-state index is 0.0134. The number of benzene rings is 1. The number of amides is 1. The van der Waals surface area contributed by atoms with E-state index in [0.717, 1.165) is 28.0 Å². The number of hydrogen-bond donors (Lipinski definition) is 1.